The number of rotatable bonds is 4. The number of nitrogens with zero attached hydrogens (tertiary/aromatic N) is 3. The minimum Gasteiger partial charge on any atom is -0.456 e. The third kappa shape index (κ3) is 3.84. The van der Waals surface area contributed by atoms with Crippen LogP contribution >= 0.6 is 0 Å². The van der Waals surface area contributed by atoms with Gasteiger partial charge in [0.2, 0.25) is 5.91 Å². The molecule has 1 aliphatic rings. The summed E-state index contributed by atoms with van der Waals surface area (Å²) in [5, 5.41) is 2.37. The number of hydrogen-bond donors (Lipinski definition) is 0. The van der Waals surface area contributed by atoms with Crippen LogP contribution in [0.25, 0.3) is 21.9 Å². The summed E-state index contributed by atoms with van der Waals surface area (Å²) >= 11 is 0. The van der Waals surface area contributed by atoms with E-state index < -0.39 is 0 Å². The van der Waals surface area contributed by atoms with Gasteiger partial charge in [0.1, 0.15) is 11.2 Å². The Bertz CT molecular complexity index is 947. The predicted octanol–water partition coefficient (Wildman–Crippen LogP) is 3.18. The minimum atomic E-state index is 0.176. The molecule has 5 heteroatoms. The van der Waals surface area contributed by atoms with Crippen LogP contribution in [-0.4, -0.2) is 67.4 Å². The Morgan fingerprint density at radius 3 is 2.56 bits per heavy atom. The largest absolute Gasteiger partial charge is 0.456 e. The quantitative estimate of drug-likeness (QED) is 0.712. The maximum atomic E-state index is 12.0. The molecule has 0 spiro atoms. The van der Waals surface area contributed by atoms with E-state index in [0.717, 1.165) is 50.3 Å². The van der Waals surface area contributed by atoms with Crippen LogP contribution in [0.5, 0.6) is 0 Å². The van der Waals surface area contributed by atoms with Crippen LogP contribution in [0.3, 0.4) is 0 Å². The number of fused-ring (bicyclic) bond motifs is 3. The molecule has 1 saturated heterocycles. The molecule has 142 valence electrons. The van der Waals surface area contributed by atoms with E-state index in [-0.39, 0.29) is 5.91 Å². The van der Waals surface area contributed by atoms with Gasteiger partial charge in [-0.15, -0.1) is 0 Å². The number of para-hydroxylation sites is 2. The molecule has 0 bridgehead atoms. The molecule has 0 saturated carbocycles. The molecule has 5 nitrogen and oxygen atoms in total. The van der Waals surface area contributed by atoms with E-state index in [0.29, 0.717) is 6.54 Å². The number of furan rings is 1. The summed E-state index contributed by atoms with van der Waals surface area (Å²) in [6, 6.07) is 14.7. The molecular formula is C22H27N3O2. The average molecular weight is 365 g/mol. The molecule has 0 aliphatic carbocycles. The van der Waals surface area contributed by atoms with Crippen molar-refractivity contribution in [3.8, 4) is 0 Å². The fourth-order valence-electron chi connectivity index (χ4n) is 3.84. The van der Waals surface area contributed by atoms with Crippen molar-refractivity contribution >= 4 is 27.8 Å². The van der Waals surface area contributed by atoms with Gasteiger partial charge in [-0.25, -0.2) is 0 Å². The van der Waals surface area contributed by atoms with Gasteiger partial charge in [0.15, 0.2) is 0 Å². The zero-order valence-corrected chi connectivity index (χ0v) is 16.1. The fraction of sp³-hybridized carbons (Fsp3) is 0.409. The maximum Gasteiger partial charge on any atom is 0.236 e. The van der Waals surface area contributed by atoms with Crippen molar-refractivity contribution in [1.82, 2.24) is 14.7 Å². The first kappa shape index (κ1) is 18.0. The molecular weight excluding hydrogens is 338 g/mol. The lowest BCUT2D eigenvalue weighted by molar-refractivity contribution is -0.129. The van der Waals surface area contributed by atoms with Crippen LogP contribution in [-0.2, 0) is 11.3 Å². The first-order valence-electron chi connectivity index (χ1n) is 9.66. The smallest absolute Gasteiger partial charge is 0.236 e. The number of amides is 1. The topological polar surface area (TPSA) is 39.9 Å². The van der Waals surface area contributed by atoms with E-state index >= 15 is 0 Å². The Morgan fingerprint density at radius 1 is 0.963 bits per heavy atom. The molecule has 3 aromatic rings. The third-order valence-electron chi connectivity index (χ3n) is 5.42. The van der Waals surface area contributed by atoms with Crippen LogP contribution < -0.4 is 0 Å². The summed E-state index contributed by atoms with van der Waals surface area (Å²) in [6.07, 6.45) is 1.08. The van der Waals surface area contributed by atoms with Crippen LogP contribution in [0, 0.1) is 0 Å². The van der Waals surface area contributed by atoms with Crippen molar-refractivity contribution in [1.29, 1.82) is 0 Å². The molecule has 0 N–H and O–H groups in total. The highest BCUT2D eigenvalue weighted by Gasteiger charge is 2.19. The van der Waals surface area contributed by atoms with Crippen molar-refractivity contribution in [3.05, 3.63) is 48.0 Å². The van der Waals surface area contributed by atoms with Crippen LogP contribution in [0.2, 0.25) is 0 Å². The molecule has 1 fully saturated rings. The zero-order chi connectivity index (χ0) is 18.8. The second kappa shape index (κ2) is 7.71. The van der Waals surface area contributed by atoms with Gasteiger partial charge in [-0.2, -0.15) is 0 Å². The van der Waals surface area contributed by atoms with Crippen molar-refractivity contribution in [2.75, 3.05) is 46.8 Å². The maximum absolute atomic E-state index is 12.0. The normalized spacial score (nSPS) is 16.7. The highest BCUT2D eigenvalue weighted by atomic mass is 16.3. The van der Waals surface area contributed by atoms with E-state index in [1.165, 1.54) is 16.3 Å². The molecule has 1 amide bonds. The van der Waals surface area contributed by atoms with E-state index in [4.69, 9.17) is 4.42 Å². The lowest BCUT2D eigenvalue weighted by Gasteiger charge is -2.22. The molecule has 0 unspecified atom stereocenters. The first-order chi connectivity index (χ1) is 13.1. The molecule has 1 aromatic heterocycles. The Balaban J connectivity index is 1.49. The molecule has 0 atom stereocenters. The van der Waals surface area contributed by atoms with Crippen molar-refractivity contribution in [2.24, 2.45) is 0 Å². The standard InChI is InChI=1S/C22H27N3O2/c1-23(2)21(26)16-25-12-6-11-24(13-14-25)15-17-7-5-9-19-18-8-3-4-10-20(18)27-22(17)19/h3-5,7-10H,6,11-16H2,1-2H3. The second-order valence-corrected chi connectivity index (χ2v) is 7.59. The Morgan fingerprint density at radius 2 is 1.70 bits per heavy atom. The van der Waals surface area contributed by atoms with Gasteiger partial charge in [-0.3, -0.25) is 14.6 Å². The highest BCUT2D eigenvalue weighted by molar-refractivity contribution is 6.05. The SMILES string of the molecule is CN(C)C(=O)CN1CCCN(Cc2cccc3c2oc2ccccc23)CC1. The summed E-state index contributed by atoms with van der Waals surface area (Å²) in [5.74, 6) is 0.176. The van der Waals surface area contributed by atoms with Crippen LogP contribution in [0.15, 0.2) is 46.9 Å². The average Bonchev–Trinajstić information content (AvgIpc) is 2.91. The van der Waals surface area contributed by atoms with Gasteiger partial charge >= 0.3 is 0 Å². The van der Waals surface area contributed by atoms with Crippen LogP contribution in [0.1, 0.15) is 12.0 Å². The summed E-state index contributed by atoms with van der Waals surface area (Å²) in [4.78, 5) is 18.4. The predicted molar refractivity (Wildman–Crippen MR) is 109 cm³/mol. The lowest BCUT2D eigenvalue weighted by Crippen LogP contribution is -2.38. The number of carbonyl (C=O) groups is 1. The second-order valence-electron chi connectivity index (χ2n) is 7.59. The van der Waals surface area contributed by atoms with E-state index in [1.807, 2.05) is 26.2 Å². The Kier molecular flexibility index (Phi) is 5.14. The molecule has 27 heavy (non-hydrogen) atoms. The first-order valence-corrected chi connectivity index (χ1v) is 9.66. The summed E-state index contributed by atoms with van der Waals surface area (Å²) in [5.41, 5.74) is 3.19. The molecule has 2 heterocycles. The van der Waals surface area contributed by atoms with E-state index in [2.05, 4.69) is 40.1 Å². The van der Waals surface area contributed by atoms with Crippen molar-refractivity contribution in [3.63, 3.8) is 0 Å². The van der Waals surface area contributed by atoms with Crippen molar-refractivity contribution in [2.45, 2.75) is 13.0 Å². The lowest BCUT2D eigenvalue weighted by atomic mass is 10.1. The van der Waals surface area contributed by atoms with E-state index in [9.17, 15) is 4.79 Å². The van der Waals surface area contributed by atoms with Gasteiger partial charge in [0, 0.05) is 50.1 Å². The van der Waals surface area contributed by atoms with Gasteiger partial charge < -0.3 is 9.32 Å². The minimum absolute atomic E-state index is 0.176. The van der Waals surface area contributed by atoms with Crippen LogP contribution in [0.4, 0.5) is 0 Å². The van der Waals surface area contributed by atoms with Gasteiger partial charge in [0.05, 0.1) is 6.54 Å². The van der Waals surface area contributed by atoms with Crippen molar-refractivity contribution < 1.29 is 9.21 Å². The molecule has 1 aliphatic heterocycles. The third-order valence-corrected chi connectivity index (χ3v) is 5.42. The number of hydrogen-bond acceptors (Lipinski definition) is 4. The Hall–Kier alpha value is -2.37. The summed E-state index contributed by atoms with van der Waals surface area (Å²) < 4.78 is 6.17. The monoisotopic (exact) mass is 365 g/mol. The Labute approximate surface area is 160 Å². The molecule has 4 rings (SSSR count). The van der Waals surface area contributed by atoms with E-state index in [1.54, 1.807) is 4.90 Å². The number of benzene rings is 2. The molecule has 0 radical (unpaired) electrons. The number of likely N-dealkylation sites (N-methyl/N-ethyl adjacent to an activating group) is 1. The van der Waals surface area contributed by atoms with Gasteiger partial charge in [0.25, 0.3) is 0 Å². The summed E-state index contributed by atoms with van der Waals surface area (Å²) in [7, 11) is 3.64. The highest BCUT2D eigenvalue weighted by Crippen LogP contribution is 2.31. The number of carbonyl (C=O) groups excluding carboxylic acids is 1. The zero-order valence-electron chi connectivity index (χ0n) is 16.1. The van der Waals surface area contributed by atoms with Gasteiger partial charge in [-0.05, 0) is 25.6 Å². The van der Waals surface area contributed by atoms with Gasteiger partial charge in [-0.1, -0.05) is 36.4 Å². The molecule has 2 aromatic carbocycles. The fourth-order valence-corrected chi connectivity index (χ4v) is 3.84. The summed E-state index contributed by atoms with van der Waals surface area (Å²) in [6.45, 7) is 5.31.